The van der Waals surface area contributed by atoms with E-state index >= 15 is 0 Å². The van der Waals surface area contributed by atoms with Gasteiger partial charge in [-0.05, 0) is 25.1 Å². The molecule has 0 radical (unpaired) electrons. The third kappa shape index (κ3) is 3.63. The van der Waals surface area contributed by atoms with Gasteiger partial charge in [-0.2, -0.15) is 0 Å². The summed E-state index contributed by atoms with van der Waals surface area (Å²) in [6.45, 7) is 1.98. The highest BCUT2D eigenvalue weighted by atomic mass is 32.2. The minimum Gasteiger partial charge on any atom is -0.461 e. The molecule has 1 aromatic heterocycles. The summed E-state index contributed by atoms with van der Waals surface area (Å²) in [4.78, 5) is 19.8. The fourth-order valence-electron chi connectivity index (χ4n) is 1.70. The summed E-state index contributed by atoms with van der Waals surface area (Å²) in [5.74, 6) is -0.520. The molecule has 6 nitrogen and oxygen atoms in total. The van der Waals surface area contributed by atoms with E-state index in [1.54, 1.807) is 19.1 Å². The van der Waals surface area contributed by atoms with Crippen LogP contribution >= 0.6 is 0 Å². The first-order chi connectivity index (χ1) is 9.91. The molecule has 0 atom stereocenters. The van der Waals surface area contributed by atoms with Crippen LogP contribution in [0.3, 0.4) is 0 Å². The molecule has 0 fully saturated rings. The van der Waals surface area contributed by atoms with Crippen LogP contribution in [0.15, 0.2) is 41.6 Å². The molecule has 0 aliphatic heterocycles. The lowest BCUT2D eigenvalue weighted by molar-refractivity contribution is 0.0519. The van der Waals surface area contributed by atoms with Crippen LogP contribution in [0, 0.1) is 0 Å². The highest BCUT2D eigenvalue weighted by molar-refractivity contribution is 7.90. The molecule has 2 aromatic rings. The number of hydrogen-bond acceptors (Lipinski definition) is 6. The number of nitrogens with zero attached hydrogens (tertiary/aromatic N) is 2. The smallest absolute Gasteiger partial charge is 0.357 e. The van der Waals surface area contributed by atoms with Gasteiger partial charge in [0, 0.05) is 11.8 Å². The van der Waals surface area contributed by atoms with E-state index in [1.165, 1.54) is 24.5 Å². The standard InChI is InChI=1S/C14H14N2O4S/c1-3-20-14(17)13-8-12(15-9-16-13)10-4-6-11(7-5-10)21(2,18)19/h4-9H,3H2,1-2H3. The van der Waals surface area contributed by atoms with Gasteiger partial charge in [0.15, 0.2) is 15.5 Å². The van der Waals surface area contributed by atoms with Crippen molar-refractivity contribution in [2.45, 2.75) is 11.8 Å². The zero-order valence-electron chi connectivity index (χ0n) is 11.6. The fraction of sp³-hybridized carbons (Fsp3) is 0.214. The van der Waals surface area contributed by atoms with Gasteiger partial charge in [-0.1, -0.05) is 12.1 Å². The summed E-state index contributed by atoms with van der Waals surface area (Å²) in [7, 11) is -3.24. The Morgan fingerprint density at radius 1 is 1.19 bits per heavy atom. The second-order valence-electron chi connectivity index (χ2n) is 4.31. The Morgan fingerprint density at radius 3 is 2.43 bits per heavy atom. The van der Waals surface area contributed by atoms with E-state index in [9.17, 15) is 13.2 Å². The van der Waals surface area contributed by atoms with E-state index in [-0.39, 0.29) is 17.2 Å². The molecular weight excluding hydrogens is 292 g/mol. The van der Waals surface area contributed by atoms with E-state index in [1.807, 2.05) is 0 Å². The second kappa shape index (κ2) is 6.01. The van der Waals surface area contributed by atoms with Gasteiger partial charge in [-0.15, -0.1) is 0 Å². The zero-order chi connectivity index (χ0) is 15.5. The highest BCUT2D eigenvalue weighted by Crippen LogP contribution is 2.19. The van der Waals surface area contributed by atoms with Crippen molar-refractivity contribution < 1.29 is 17.9 Å². The molecule has 110 valence electrons. The first kappa shape index (κ1) is 15.1. The Labute approximate surface area is 122 Å². The Hall–Kier alpha value is -2.28. The van der Waals surface area contributed by atoms with Crippen molar-refractivity contribution >= 4 is 15.8 Å². The zero-order valence-corrected chi connectivity index (χ0v) is 12.4. The van der Waals surface area contributed by atoms with Crippen LogP contribution in [0.1, 0.15) is 17.4 Å². The molecule has 0 amide bonds. The van der Waals surface area contributed by atoms with Crippen LogP contribution in [-0.2, 0) is 14.6 Å². The molecule has 0 saturated carbocycles. The van der Waals surface area contributed by atoms with Crippen molar-refractivity contribution in [2.75, 3.05) is 12.9 Å². The number of esters is 1. The normalized spacial score (nSPS) is 11.1. The second-order valence-corrected chi connectivity index (χ2v) is 6.32. The maximum absolute atomic E-state index is 11.6. The van der Waals surface area contributed by atoms with Crippen molar-refractivity contribution in [1.82, 2.24) is 9.97 Å². The Morgan fingerprint density at radius 2 is 1.86 bits per heavy atom. The van der Waals surface area contributed by atoms with E-state index < -0.39 is 15.8 Å². The Kier molecular flexibility index (Phi) is 4.32. The summed E-state index contributed by atoms with van der Waals surface area (Å²) in [6, 6.07) is 7.77. The SMILES string of the molecule is CCOC(=O)c1cc(-c2ccc(S(C)(=O)=O)cc2)ncn1. The van der Waals surface area contributed by atoms with Crippen molar-refractivity contribution in [2.24, 2.45) is 0 Å². The average Bonchev–Trinajstić information content (AvgIpc) is 2.47. The molecule has 21 heavy (non-hydrogen) atoms. The molecule has 0 unspecified atom stereocenters. The number of ether oxygens (including phenoxy) is 1. The van der Waals surface area contributed by atoms with Crippen molar-refractivity contribution in [3.05, 3.63) is 42.4 Å². The lowest BCUT2D eigenvalue weighted by atomic mass is 10.1. The maximum Gasteiger partial charge on any atom is 0.357 e. The number of rotatable bonds is 4. The van der Waals surface area contributed by atoms with Crippen molar-refractivity contribution in [3.8, 4) is 11.3 Å². The molecule has 0 N–H and O–H groups in total. The summed E-state index contributed by atoms with van der Waals surface area (Å²) in [5.41, 5.74) is 1.37. The minimum atomic E-state index is -3.24. The number of carbonyl (C=O) groups is 1. The molecule has 0 saturated heterocycles. The predicted molar refractivity (Wildman–Crippen MR) is 76.5 cm³/mol. The first-order valence-corrected chi connectivity index (χ1v) is 8.10. The monoisotopic (exact) mass is 306 g/mol. The predicted octanol–water partition coefficient (Wildman–Crippen LogP) is 1.72. The summed E-state index contributed by atoms with van der Waals surface area (Å²) < 4.78 is 27.7. The Balaban J connectivity index is 2.34. The van der Waals surface area contributed by atoms with Gasteiger partial charge in [0.25, 0.3) is 0 Å². The minimum absolute atomic E-state index is 0.161. The number of carbonyl (C=O) groups excluding carboxylic acids is 1. The van der Waals surface area contributed by atoms with Crippen LogP contribution in [0.2, 0.25) is 0 Å². The van der Waals surface area contributed by atoms with Gasteiger partial charge in [0.05, 0.1) is 17.2 Å². The van der Waals surface area contributed by atoms with Gasteiger partial charge in [-0.25, -0.2) is 23.2 Å². The molecule has 0 aliphatic carbocycles. The molecule has 0 bridgehead atoms. The third-order valence-corrected chi connectivity index (χ3v) is 3.86. The number of benzene rings is 1. The van der Waals surface area contributed by atoms with Gasteiger partial charge in [-0.3, -0.25) is 0 Å². The molecule has 0 spiro atoms. The lowest BCUT2D eigenvalue weighted by Crippen LogP contribution is -2.07. The fourth-order valence-corrected chi connectivity index (χ4v) is 2.34. The van der Waals surface area contributed by atoms with E-state index in [0.717, 1.165) is 6.26 Å². The van der Waals surface area contributed by atoms with Crippen molar-refractivity contribution in [1.29, 1.82) is 0 Å². The van der Waals surface area contributed by atoms with E-state index in [2.05, 4.69) is 9.97 Å². The van der Waals surface area contributed by atoms with Gasteiger partial charge >= 0.3 is 5.97 Å². The van der Waals surface area contributed by atoms with Gasteiger partial charge < -0.3 is 4.74 Å². The Bertz CT molecular complexity index is 755. The molecule has 7 heteroatoms. The first-order valence-electron chi connectivity index (χ1n) is 6.21. The molecule has 1 heterocycles. The topological polar surface area (TPSA) is 86.2 Å². The van der Waals surface area contributed by atoms with Crippen LogP contribution in [-0.4, -0.2) is 37.2 Å². The van der Waals surface area contributed by atoms with Gasteiger partial charge in [0.2, 0.25) is 0 Å². The van der Waals surface area contributed by atoms with Crippen LogP contribution in [0.25, 0.3) is 11.3 Å². The maximum atomic E-state index is 11.6. The number of sulfone groups is 1. The molecule has 1 aromatic carbocycles. The quantitative estimate of drug-likeness (QED) is 0.799. The highest BCUT2D eigenvalue weighted by Gasteiger charge is 2.11. The molecule has 2 rings (SSSR count). The van der Waals surface area contributed by atoms with Crippen LogP contribution in [0.4, 0.5) is 0 Å². The lowest BCUT2D eigenvalue weighted by Gasteiger charge is -2.05. The summed E-state index contributed by atoms with van der Waals surface area (Å²) in [5, 5.41) is 0. The number of aromatic nitrogens is 2. The molecular formula is C14H14N2O4S. The van der Waals surface area contributed by atoms with Crippen molar-refractivity contribution in [3.63, 3.8) is 0 Å². The number of hydrogen-bond donors (Lipinski definition) is 0. The van der Waals surface area contributed by atoms with E-state index in [0.29, 0.717) is 11.3 Å². The largest absolute Gasteiger partial charge is 0.461 e. The van der Waals surface area contributed by atoms with E-state index in [4.69, 9.17) is 4.74 Å². The summed E-state index contributed by atoms with van der Waals surface area (Å²) in [6.07, 6.45) is 2.41. The summed E-state index contributed by atoms with van der Waals surface area (Å²) >= 11 is 0. The molecule has 0 aliphatic rings. The van der Waals surface area contributed by atoms with Crippen LogP contribution < -0.4 is 0 Å². The van der Waals surface area contributed by atoms with Crippen LogP contribution in [0.5, 0.6) is 0 Å². The average molecular weight is 306 g/mol. The van der Waals surface area contributed by atoms with Gasteiger partial charge in [0.1, 0.15) is 6.33 Å². The third-order valence-electron chi connectivity index (χ3n) is 2.73.